The zero-order chi connectivity index (χ0) is 17.4. The van der Waals surface area contributed by atoms with Crippen molar-refractivity contribution in [3.05, 3.63) is 65.7 Å². The van der Waals surface area contributed by atoms with Gasteiger partial charge in [0.05, 0.1) is 5.75 Å². The van der Waals surface area contributed by atoms with Crippen LogP contribution in [-0.2, 0) is 11.2 Å². The Labute approximate surface area is 144 Å². The van der Waals surface area contributed by atoms with E-state index in [1.54, 1.807) is 4.90 Å². The van der Waals surface area contributed by atoms with Gasteiger partial charge in [-0.15, -0.1) is 11.8 Å². The molecule has 0 bridgehead atoms. The maximum atomic E-state index is 13.2. The molecule has 0 aliphatic heterocycles. The zero-order valence-electron chi connectivity index (χ0n) is 13.3. The lowest BCUT2D eigenvalue weighted by molar-refractivity contribution is -0.128. The highest BCUT2D eigenvalue weighted by molar-refractivity contribution is 8.00. The van der Waals surface area contributed by atoms with Crippen LogP contribution in [0, 0.1) is 11.6 Å². The third kappa shape index (κ3) is 5.62. The Hall–Kier alpha value is -1.92. The molecule has 2 N–H and O–H groups in total. The third-order valence-corrected chi connectivity index (χ3v) is 4.50. The van der Waals surface area contributed by atoms with Crippen LogP contribution < -0.4 is 5.73 Å². The van der Waals surface area contributed by atoms with Gasteiger partial charge >= 0.3 is 0 Å². The molecule has 0 saturated heterocycles. The number of carbonyl (C=O) groups excluding carboxylic acids is 1. The molecule has 2 aromatic carbocycles. The Morgan fingerprint density at radius 2 is 1.79 bits per heavy atom. The van der Waals surface area contributed by atoms with Crippen molar-refractivity contribution in [2.75, 3.05) is 25.4 Å². The summed E-state index contributed by atoms with van der Waals surface area (Å²) in [5.74, 6) is -1.69. The lowest BCUT2D eigenvalue weighted by Crippen LogP contribution is -2.38. The van der Waals surface area contributed by atoms with E-state index in [4.69, 9.17) is 5.73 Å². The van der Waals surface area contributed by atoms with E-state index in [9.17, 15) is 13.6 Å². The van der Waals surface area contributed by atoms with E-state index in [1.807, 2.05) is 30.3 Å². The maximum Gasteiger partial charge on any atom is 0.232 e. The number of thioether (sulfide) groups is 1. The van der Waals surface area contributed by atoms with Crippen molar-refractivity contribution >= 4 is 17.7 Å². The molecule has 0 saturated carbocycles. The van der Waals surface area contributed by atoms with Gasteiger partial charge in [0.25, 0.3) is 0 Å². The highest BCUT2D eigenvalue weighted by atomic mass is 32.2. The van der Waals surface area contributed by atoms with Crippen molar-refractivity contribution in [2.24, 2.45) is 5.73 Å². The Bertz CT molecular complexity index is 667. The van der Waals surface area contributed by atoms with Crippen molar-refractivity contribution in [3.63, 3.8) is 0 Å². The number of hydrogen-bond acceptors (Lipinski definition) is 3. The summed E-state index contributed by atoms with van der Waals surface area (Å²) in [6.45, 7) is 1.44. The molecule has 6 heteroatoms. The lowest BCUT2D eigenvalue weighted by Gasteiger charge is -2.22. The summed E-state index contributed by atoms with van der Waals surface area (Å²) in [6.07, 6.45) is 0.752. The van der Waals surface area contributed by atoms with Crippen LogP contribution in [0.25, 0.3) is 0 Å². The fraction of sp³-hybridized carbons (Fsp3) is 0.278. The molecule has 0 unspecified atom stereocenters. The molecule has 1 amide bonds. The van der Waals surface area contributed by atoms with Crippen LogP contribution in [0.2, 0.25) is 0 Å². The smallest absolute Gasteiger partial charge is 0.232 e. The molecule has 0 aliphatic rings. The SMILES string of the molecule is NCCN(CCc1ccccc1)C(=O)CSc1ccc(F)c(F)c1. The van der Waals surface area contributed by atoms with Crippen molar-refractivity contribution in [1.82, 2.24) is 4.90 Å². The monoisotopic (exact) mass is 350 g/mol. The molecule has 128 valence electrons. The maximum absolute atomic E-state index is 13.2. The van der Waals surface area contributed by atoms with Gasteiger partial charge < -0.3 is 10.6 Å². The van der Waals surface area contributed by atoms with Gasteiger partial charge in [-0.25, -0.2) is 8.78 Å². The van der Waals surface area contributed by atoms with Crippen LogP contribution in [0.3, 0.4) is 0 Å². The molecule has 0 atom stereocenters. The van der Waals surface area contributed by atoms with E-state index < -0.39 is 11.6 Å². The van der Waals surface area contributed by atoms with Gasteiger partial charge in [0, 0.05) is 24.5 Å². The molecular weight excluding hydrogens is 330 g/mol. The molecule has 0 fully saturated rings. The van der Waals surface area contributed by atoms with Crippen LogP contribution in [0.5, 0.6) is 0 Å². The number of hydrogen-bond donors (Lipinski definition) is 1. The number of nitrogens with zero attached hydrogens (tertiary/aromatic N) is 1. The summed E-state index contributed by atoms with van der Waals surface area (Å²) in [5, 5.41) is 0. The van der Waals surface area contributed by atoms with E-state index in [0.29, 0.717) is 24.5 Å². The number of benzene rings is 2. The number of carbonyl (C=O) groups is 1. The van der Waals surface area contributed by atoms with Crippen LogP contribution >= 0.6 is 11.8 Å². The van der Waals surface area contributed by atoms with E-state index >= 15 is 0 Å². The fourth-order valence-corrected chi connectivity index (χ4v) is 3.05. The summed E-state index contributed by atoms with van der Waals surface area (Å²) >= 11 is 1.19. The Balaban J connectivity index is 1.89. The average Bonchev–Trinajstić information content (AvgIpc) is 2.60. The summed E-state index contributed by atoms with van der Waals surface area (Å²) in [5.41, 5.74) is 6.74. The van der Waals surface area contributed by atoms with Gasteiger partial charge in [0.1, 0.15) is 0 Å². The fourth-order valence-electron chi connectivity index (χ4n) is 2.23. The molecule has 2 aromatic rings. The minimum absolute atomic E-state index is 0.0638. The minimum atomic E-state index is -0.907. The van der Waals surface area contributed by atoms with Crippen LogP contribution in [0.1, 0.15) is 5.56 Å². The van der Waals surface area contributed by atoms with E-state index in [1.165, 1.54) is 17.8 Å². The van der Waals surface area contributed by atoms with Gasteiger partial charge in [0.15, 0.2) is 11.6 Å². The first-order chi connectivity index (χ1) is 11.6. The molecule has 2 rings (SSSR count). The molecule has 0 heterocycles. The van der Waals surface area contributed by atoms with E-state index in [2.05, 4.69) is 0 Å². The standard InChI is InChI=1S/C18H20F2N2OS/c19-16-7-6-15(12-17(16)20)24-13-18(23)22(11-9-21)10-8-14-4-2-1-3-5-14/h1-7,12H,8-11,13,21H2. The van der Waals surface area contributed by atoms with Gasteiger partial charge in [-0.05, 0) is 30.2 Å². The Kier molecular flexibility index (Phi) is 7.21. The molecule has 0 spiro atoms. The highest BCUT2D eigenvalue weighted by Gasteiger charge is 2.14. The Morgan fingerprint density at radius 1 is 1.04 bits per heavy atom. The molecule has 0 radical (unpaired) electrons. The van der Waals surface area contributed by atoms with Gasteiger partial charge in [-0.2, -0.15) is 0 Å². The number of halogens is 2. The van der Waals surface area contributed by atoms with Crippen molar-refractivity contribution < 1.29 is 13.6 Å². The molecule has 3 nitrogen and oxygen atoms in total. The number of nitrogens with two attached hydrogens (primary N) is 1. The summed E-state index contributed by atoms with van der Waals surface area (Å²) < 4.78 is 26.1. The number of amides is 1. The van der Waals surface area contributed by atoms with Gasteiger partial charge in [-0.3, -0.25) is 4.79 Å². The predicted octanol–water partition coefficient (Wildman–Crippen LogP) is 3.09. The second kappa shape index (κ2) is 9.39. The zero-order valence-corrected chi connectivity index (χ0v) is 14.1. The first kappa shape index (κ1) is 18.4. The van der Waals surface area contributed by atoms with Crippen molar-refractivity contribution in [2.45, 2.75) is 11.3 Å². The van der Waals surface area contributed by atoms with E-state index in [0.717, 1.165) is 24.1 Å². The lowest BCUT2D eigenvalue weighted by atomic mass is 10.1. The molecular formula is C18H20F2N2OS. The topological polar surface area (TPSA) is 46.3 Å². The first-order valence-electron chi connectivity index (χ1n) is 7.70. The molecule has 0 aliphatic carbocycles. The van der Waals surface area contributed by atoms with Crippen molar-refractivity contribution in [1.29, 1.82) is 0 Å². The largest absolute Gasteiger partial charge is 0.340 e. The van der Waals surface area contributed by atoms with Crippen LogP contribution in [0.15, 0.2) is 53.4 Å². The molecule has 0 aromatic heterocycles. The first-order valence-corrected chi connectivity index (χ1v) is 8.68. The number of rotatable bonds is 8. The minimum Gasteiger partial charge on any atom is -0.340 e. The van der Waals surface area contributed by atoms with E-state index in [-0.39, 0.29) is 11.7 Å². The molecule has 24 heavy (non-hydrogen) atoms. The average molecular weight is 350 g/mol. The van der Waals surface area contributed by atoms with Crippen LogP contribution in [-0.4, -0.2) is 36.2 Å². The highest BCUT2D eigenvalue weighted by Crippen LogP contribution is 2.20. The predicted molar refractivity (Wildman–Crippen MR) is 92.9 cm³/mol. The van der Waals surface area contributed by atoms with Crippen LogP contribution in [0.4, 0.5) is 8.78 Å². The Morgan fingerprint density at radius 3 is 2.46 bits per heavy atom. The van der Waals surface area contributed by atoms with Gasteiger partial charge in [0.2, 0.25) is 5.91 Å². The summed E-state index contributed by atoms with van der Waals surface area (Å²) in [6, 6.07) is 13.5. The van der Waals surface area contributed by atoms with Gasteiger partial charge in [-0.1, -0.05) is 30.3 Å². The third-order valence-electron chi connectivity index (χ3n) is 3.52. The normalized spacial score (nSPS) is 10.6. The second-order valence-corrected chi connectivity index (χ2v) is 6.32. The quantitative estimate of drug-likeness (QED) is 0.744. The second-order valence-electron chi connectivity index (χ2n) is 5.27. The summed E-state index contributed by atoms with van der Waals surface area (Å²) in [4.78, 5) is 14.6. The van der Waals surface area contributed by atoms with Crippen molar-refractivity contribution in [3.8, 4) is 0 Å². The summed E-state index contributed by atoms with van der Waals surface area (Å²) in [7, 11) is 0.